The summed E-state index contributed by atoms with van der Waals surface area (Å²) in [4.78, 5) is 18.9. The van der Waals surface area contributed by atoms with Gasteiger partial charge in [0.2, 0.25) is 0 Å². The molecule has 1 N–H and O–H groups in total. The molecule has 1 aromatic heterocycles. The van der Waals surface area contributed by atoms with Gasteiger partial charge in [-0.05, 0) is 39.2 Å². The van der Waals surface area contributed by atoms with Gasteiger partial charge in [0, 0.05) is 25.8 Å². The summed E-state index contributed by atoms with van der Waals surface area (Å²) in [5.74, 6) is 0.719. The van der Waals surface area contributed by atoms with Crippen molar-refractivity contribution in [2.45, 2.75) is 40.2 Å². The summed E-state index contributed by atoms with van der Waals surface area (Å²) in [5.41, 5.74) is 1.15. The van der Waals surface area contributed by atoms with E-state index in [0.29, 0.717) is 19.7 Å². The number of esters is 1. The van der Waals surface area contributed by atoms with Gasteiger partial charge in [0.25, 0.3) is 0 Å². The number of aryl methyl sites for hydroxylation is 1. The van der Waals surface area contributed by atoms with Crippen LogP contribution in [-0.2, 0) is 16.1 Å². The average molecular weight is 335 g/mol. The maximum absolute atomic E-state index is 12.0. The Bertz CT molecular complexity index is 555. The highest BCUT2D eigenvalue weighted by Crippen LogP contribution is 2.18. The number of ether oxygens (including phenoxy) is 1. The molecule has 24 heavy (non-hydrogen) atoms. The first kappa shape index (κ1) is 18.3. The summed E-state index contributed by atoms with van der Waals surface area (Å²) in [6.45, 7) is 10.2. The molecule has 0 spiro atoms. The van der Waals surface area contributed by atoms with E-state index in [2.05, 4.69) is 22.2 Å². The van der Waals surface area contributed by atoms with E-state index in [9.17, 15) is 4.79 Å². The van der Waals surface area contributed by atoms with Crippen molar-refractivity contribution in [3.05, 3.63) is 18.0 Å². The zero-order valence-electron chi connectivity index (χ0n) is 15.0. The second-order valence-corrected chi connectivity index (χ2v) is 6.05. The van der Waals surface area contributed by atoms with Crippen LogP contribution in [-0.4, -0.2) is 59.4 Å². The van der Waals surface area contributed by atoms with E-state index >= 15 is 0 Å². The molecule has 0 aromatic carbocycles. The van der Waals surface area contributed by atoms with Crippen LogP contribution in [0.25, 0.3) is 0 Å². The van der Waals surface area contributed by atoms with Crippen LogP contribution in [0.2, 0.25) is 0 Å². The zero-order valence-corrected chi connectivity index (χ0v) is 15.0. The summed E-state index contributed by atoms with van der Waals surface area (Å²) in [6, 6.07) is 0. The first-order valence-corrected chi connectivity index (χ1v) is 8.83. The summed E-state index contributed by atoms with van der Waals surface area (Å²) in [6.07, 6.45) is 5.73. The van der Waals surface area contributed by atoms with E-state index in [1.165, 1.54) is 0 Å². The van der Waals surface area contributed by atoms with Crippen LogP contribution in [0.15, 0.2) is 17.4 Å². The molecule has 1 unspecified atom stereocenters. The number of aromatic nitrogens is 2. The topological polar surface area (TPSA) is 71.8 Å². The SMILES string of the molecule is CCNC(=NCCn1cc(C)cn1)N1CCCC(C(=O)OCC)C1. The minimum absolute atomic E-state index is 0.0590. The Morgan fingerprint density at radius 2 is 2.33 bits per heavy atom. The fourth-order valence-corrected chi connectivity index (χ4v) is 2.90. The summed E-state index contributed by atoms with van der Waals surface area (Å²) in [5, 5.41) is 7.61. The van der Waals surface area contributed by atoms with Crippen molar-refractivity contribution in [3.8, 4) is 0 Å². The van der Waals surface area contributed by atoms with Gasteiger partial charge in [0.1, 0.15) is 0 Å². The Kier molecular flexibility index (Phi) is 7.08. The lowest BCUT2D eigenvalue weighted by Crippen LogP contribution is -2.48. The number of nitrogens with one attached hydrogen (secondary N) is 1. The van der Waals surface area contributed by atoms with Crippen LogP contribution in [0.5, 0.6) is 0 Å². The summed E-state index contributed by atoms with van der Waals surface area (Å²) < 4.78 is 7.08. The number of nitrogens with zero attached hydrogens (tertiary/aromatic N) is 4. The Balaban J connectivity index is 1.94. The number of guanidine groups is 1. The number of carbonyl (C=O) groups excluding carboxylic acids is 1. The number of hydrogen-bond acceptors (Lipinski definition) is 4. The van der Waals surface area contributed by atoms with Gasteiger partial charge in [-0.1, -0.05) is 0 Å². The van der Waals surface area contributed by atoms with Crippen LogP contribution >= 0.6 is 0 Å². The average Bonchev–Trinajstić information content (AvgIpc) is 3.00. The van der Waals surface area contributed by atoms with Gasteiger partial charge in [-0.2, -0.15) is 5.10 Å². The van der Waals surface area contributed by atoms with E-state index < -0.39 is 0 Å². The maximum Gasteiger partial charge on any atom is 0.310 e. The molecule has 0 radical (unpaired) electrons. The van der Waals surface area contributed by atoms with Gasteiger partial charge in [-0.25, -0.2) is 0 Å². The van der Waals surface area contributed by atoms with E-state index in [-0.39, 0.29) is 11.9 Å². The normalized spacial score (nSPS) is 18.5. The third-order valence-electron chi connectivity index (χ3n) is 4.03. The Labute approximate surface area is 144 Å². The Morgan fingerprint density at radius 1 is 1.50 bits per heavy atom. The highest BCUT2D eigenvalue weighted by Gasteiger charge is 2.28. The molecule has 1 fully saturated rings. The van der Waals surface area contributed by atoms with Gasteiger partial charge in [0.15, 0.2) is 5.96 Å². The number of rotatable bonds is 6. The molecule has 7 nitrogen and oxygen atoms in total. The molecule has 1 aliphatic rings. The van der Waals surface area contributed by atoms with Crippen molar-refractivity contribution in [3.63, 3.8) is 0 Å². The van der Waals surface area contributed by atoms with Gasteiger partial charge in [0.05, 0.1) is 31.8 Å². The highest BCUT2D eigenvalue weighted by molar-refractivity contribution is 5.81. The van der Waals surface area contributed by atoms with E-state index in [0.717, 1.165) is 44.0 Å². The van der Waals surface area contributed by atoms with Crippen LogP contribution in [0.4, 0.5) is 0 Å². The van der Waals surface area contributed by atoms with Gasteiger partial charge >= 0.3 is 5.97 Å². The predicted octanol–water partition coefficient (Wildman–Crippen LogP) is 1.43. The van der Waals surface area contributed by atoms with Crippen molar-refractivity contribution >= 4 is 11.9 Å². The number of aliphatic imine (C=N–C) groups is 1. The fourth-order valence-electron chi connectivity index (χ4n) is 2.90. The largest absolute Gasteiger partial charge is 0.466 e. The molecule has 1 aliphatic heterocycles. The summed E-state index contributed by atoms with van der Waals surface area (Å²) >= 11 is 0. The van der Waals surface area contributed by atoms with Crippen molar-refractivity contribution in [2.24, 2.45) is 10.9 Å². The van der Waals surface area contributed by atoms with Crippen molar-refractivity contribution in [1.82, 2.24) is 20.0 Å². The molecular formula is C17H29N5O2. The fraction of sp³-hybridized carbons (Fsp3) is 0.706. The second-order valence-electron chi connectivity index (χ2n) is 6.05. The summed E-state index contributed by atoms with van der Waals surface area (Å²) in [7, 11) is 0. The predicted molar refractivity (Wildman–Crippen MR) is 93.9 cm³/mol. The minimum atomic E-state index is -0.0925. The van der Waals surface area contributed by atoms with Crippen LogP contribution in [0.3, 0.4) is 0 Å². The van der Waals surface area contributed by atoms with Crippen LogP contribution in [0.1, 0.15) is 32.3 Å². The Morgan fingerprint density at radius 3 is 3.00 bits per heavy atom. The Hall–Kier alpha value is -2.05. The van der Waals surface area contributed by atoms with Gasteiger partial charge in [-0.15, -0.1) is 0 Å². The van der Waals surface area contributed by atoms with Crippen molar-refractivity contribution in [2.75, 3.05) is 32.8 Å². The molecule has 2 rings (SSSR count). The van der Waals surface area contributed by atoms with Gasteiger partial charge < -0.3 is 15.0 Å². The molecule has 0 amide bonds. The quantitative estimate of drug-likeness (QED) is 0.484. The molecule has 1 saturated heterocycles. The number of carbonyl (C=O) groups is 1. The van der Waals surface area contributed by atoms with Crippen LogP contribution < -0.4 is 5.32 Å². The van der Waals surface area contributed by atoms with Crippen molar-refractivity contribution in [1.29, 1.82) is 0 Å². The minimum Gasteiger partial charge on any atom is -0.466 e. The number of hydrogen-bond donors (Lipinski definition) is 1. The molecule has 2 heterocycles. The monoisotopic (exact) mass is 335 g/mol. The van der Waals surface area contributed by atoms with Gasteiger partial charge in [-0.3, -0.25) is 14.5 Å². The lowest BCUT2D eigenvalue weighted by atomic mass is 9.98. The van der Waals surface area contributed by atoms with Crippen LogP contribution in [0, 0.1) is 12.8 Å². The second kappa shape index (κ2) is 9.30. The van der Waals surface area contributed by atoms with E-state index in [1.54, 1.807) is 0 Å². The number of likely N-dealkylation sites (tertiary alicyclic amines) is 1. The molecule has 0 bridgehead atoms. The first-order chi connectivity index (χ1) is 11.6. The molecule has 7 heteroatoms. The molecule has 134 valence electrons. The molecule has 0 aliphatic carbocycles. The van der Waals surface area contributed by atoms with Crippen molar-refractivity contribution < 1.29 is 9.53 Å². The lowest BCUT2D eigenvalue weighted by Gasteiger charge is -2.34. The third-order valence-corrected chi connectivity index (χ3v) is 4.03. The smallest absolute Gasteiger partial charge is 0.310 e. The number of piperidine rings is 1. The first-order valence-electron chi connectivity index (χ1n) is 8.83. The highest BCUT2D eigenvalue weighted by atomic mass is 16.5. The third kappa shape index (κ3) is 5.25. The zero-order chi connectivity index (χ0) is 17.4. The van der Waals surface area contributed by atoms with E-state index in [1.807, 2.05) is 30.9 Å². The molecule has 1 aromatic rings. The van der Waals surface area contributed by atoms with E-state index in [4.69, 9.17) is 9.73 Å². The molecule has 0 saturated carbocycles. The standard InChI is InChI=1S/C17H29N5O2/c1-4-18-17(19-8-10-22-12-14(3)11-20-22)21-9-6-7-15(13-21)16(23)24-5-2/h11-12,15H,4-10,13H2,1-3H3,(H,18,19). The lowest BCUT2D eigenvalue weighted by molar-refractivity contribution is -0.149. The maximum atomic E-state index is 12.0. The molecule has 1 atom stereocenters. The molecular weight excluding hydrogens is 306 g/mol.